The monoisotopic (exact) mass is 286 g/mol. The summed E-state index contributed by atoms with van der Waals surface area (Å²) < 4.78 is 7.59. The largest absolute Gasteiger partial charge is 0.489 e. The molecule has 3 rings (SSSR count). The number of benzene rings is 1. The molecule has 0 bridgehead atoms. The highest BCUT2D eigenvalue weighted by Crippen LogP contribution is 2.54. The van der Waals surface area contributed by atoms with Gasteiger partial charge in [0.05, 0.1) is 24.9 Å². The Kier molecular flexibility index (Phi) is 3.41. The van der Waals surface area contributed by atoms with Crippen LogP contribution in [0.15, 0.2) is 42.7 Å². The number of hydrogen-bond donors (Lipinski definition) is 1. The number of carboxylic acid groups (broad SMARTS) is 1. The van der Waals surface area contributed by atoms with Gasteiger partial charge in [-0.1, -0.05) is 30.3 Å². The highest BCUT2D eigenvalue weighted by Gasteiger charge is 2.60. The van der Waals surface area contributed by atoms with Crippen molar-refractivity contribution in [2.24, 2.45) is 5.92 Å². The van der Waals surface area contributed by atoms with Crippen LogP contribution in [-0.2, 0) is 16.8 Å². The number of hydrogen-bond acceptors (Lipinski definition) is 3. The lowest BCUT2D eigenvalue weighted by Gasteiger charge is -2.17. The molecular formula is C16H18N2O3. The molecule has 1 aromatic heterocycles. The van der Waals surface area contributed by atoms with Gasteiger partial charge in [0, 0.05) is 12.0 Å². The number of rotatable bonds is 6. The summed E-state index contributed by atoms with van der Waals surface area (Å²) in [6.07, 6.45) is 4.12. The predicted octanol–water partition coefficient (Wildman–Crippen LogP) is 2.32. The Morgan fingerprint density at radius 3 is 2.81 bits per heavy atom. The SMILES string of the molecule is CCn1cc(OCC2(c3ccccc3)CC2C(=O)O)cn1. The number of nitrogens with zero attached hydrogens (tertiary/aromatic N) is 2. The first-order valence-electron chi connectivity index (χ1n) is 7.09. The number of ether oxygens (including phenoxy) is 1. The topological polar surface area (TPSA) is 64.3 Å². The van der Waals surface area contributed by atoms with Crippen LogP contribution < -0.4 is 4.74 Å². The van der Waals surface area contributed by atoms with E-state index in [4.69, 9.17) is 4.74 Å². The summed E-state index contributed by atoms with van der Waals surface area (Å²) in [6.45, 7) is 3.15. The van der Waals surface area contributed by atoms with Crippen LogP contribution in [0, 0.1) is 5.92 Å². The predicted molar refractivity (Wildman–Crippen MR) is 77.3 cm³/mol. The van der Waals surface area contributed by atoms with Gasteiger partial charge in [0.25, 0.3) is 0 Å². The molecule has 0 aliphatic heterocycles. The number of carbonyl (C=O) groups is 1. The number of aromatic nitrogens is 2. The summed E-state index contributed by atoms with van der Waals surface area (Å²) >= 11 is 0. The van der Waals surface area contributed by atoms with Gasteiger partial charge >= 0.3 is 5.97 Å². The highest BCUT2D eigenvalue weighted by atomic mass is 16.5. The van der Waals surface area contributed by atoms with E-state index in [2.05, 4.69) is 5.10 Å². The first-order valence-corrected chi connectivity index (χ1v) is 7.09. The maximum absolute atomic E-state index is 11.3. The molecule has 0 saturated heterocycles. The fourth-order valence-corrected chi connectivity index (χ4v) is 2.77. The number of aliphatic carboxylic acids is 1. The summed E-state index contributed by atoms with van der Waals surface area (Å²) in [5, 5.41) is 13.5. The quantitative estimate of drug-likeness (QED) is 0.885. The second-order valence-corrected chi connectivity index (χ2v) is 5.44. The van der Waals surface area contributed by atoms with Crippen molar-refractivity contribution in [2.75, 3.05) is 6.61 Å². The number of carboxylic acids is 1. The van der Waals surface area contributed by atoms with E-state index < -0.39 is 11.4 Å². The first kappa shape index (κ1) is 13.7. The molecule has 1 aromatic carbocycles. The van der Waals surface area contributed by atoms with Crippen LogP contribution in [0.3, 0.4) is 0 Å². The molecule has 1 aliphatic carbocycles. The zero-order valence-corrected chi connectivity index (χ0v) is 11.9. The minimum absolute atomic E-state index is 0.364. The normalized spacial score (nSPS) is 23.8. The van der Waals surface area contributed by atoms with Crippen LogP contribution in [0.2, 0.25) is 0 Å². The molecule has 2 aromatic rings. The molecule has 5 heteroatoms. The molecule has 1 N–H and O–H groups in total. The average Bonchev–Trinajstić information content (AvgIpc) is 3.09. The Hall–Kier alpha value is -2.30. The number of aryl methyl sites for hydroxylation is 1. The van der Waals surface area contributed by atoms with Gasteiger partial charge in [-0.2, -0.15) is 5.10 Å². The van der Waals surface area contributed by atoms with Crippen molar-refractivity contribution in [2.45, 2.75) is 25.3 Å². The maximum Gasteiger partial charge on any atom is 0.307 e. The van der Waals surface area contributed by atoms with E-state index in [1.54, 1.807) is 10.9 Å². The van der Waals surface area contributed by atoms with Crippen molar-refractivity contribution in [3.63, 3.8) is 0 Å². The minimum atomic E-state index is -0.758. The van der Waals surface area contributed by atoms with Gasteiger partial charge in [-0.15, -0.1) is 0 Å². The second kappa shape index (κ2) is 5.24. The lowest BCUT2D eigenvalue weighted by Crippen LogP contribution is -2.23. The maximum atomic E-state index is 11.3. The van der Waals surface area contributed by atoms with Gasteiger partial charge < -0.3 is 9.84 Å². The molecule has 0 spiro atoms. The highest BCUT2D eigenvalue weighted by molar-refractivity contribution is 5.77. The Balaban J connectivity index is 1.77. The molecule has 2 atom stereocenters. The summed E-state index contributed by atoms with van der Waals surface area (Å²) in [6, 6.07) is 9.75. The average molecular weight is 286 g/mol. The molecule has 1 aliphatic rings. The van der Waals surface area contributed by atoms with Gasteiger partial charge in [0.15, 0.2) is 5.75 Å². The van der Waals surface area contributed by atoms with Gasteiger partial charge in [0.2, 0.25) is 0 Å². The Labute approximate surface area is 123 Å². The second-order valence-electron chi connectivity index (χ2n) is 5.44. The summed E-state index contributed by atoms with van der Waals surface area (Å²) in [5.74, 6) is -0.448. The molecule has 1 saturated carbocycles. The third-order valence-electron chi connectivity index (χ3n) is 4.15. The van der Waals surface area contributed by atoms with E-state index in [9.17, 15) is 9.90 Å². The lowest BCUT2D eigenvalue weighted by atomic mass is 9.94. The molecule has 2 unspecified atom stereocenters. The standard InChI is InChI=1S/C16H18N2O3/c1-2-18-10-13(9-17-18)21-11-16(8-14(16)15(19)20)12-6-4-3-5-7-12/h3-7,9-10,14H,2,8,11H2,1H3,(H,19,20). The van der Waals surface area contributed by atoms with Crippen molar-refractivity contribution in [3.8, 4) is 5.75 Å². The van der Waals surface area contributed by atoms with Crippen LogP contribution in [0.25, 0.3) is 0 Å². The van der Waals surface area contributed by atoms with E-state index in [0.29, 0.717) is 18.8 Å². The third kappa shape index (κ3) is 2.51. The zero-order valence-electron chi connectivity index (χ0n) is 11.9. The van der Waals surface area contributed by atoms with Gasteiger partial charge in [-0.05, 0) is 18.9 Å². The van der Waals surface area contributed by atoms with E-state index in [0.717, 1.165) is 12.1 Å². The van der Waals surface area contributed by atoms with Gasteiger partial charge in [0.1, 0.15) is 0 Å². The fraction of sp³-hybridized carbons (Fsp3) is 0.375. The first-order chi connectivity index (χ1) is 10.2. The molecule has 5 nitrogen and oxygen atoms in total. The molecule has 1 heterocycles. The fourth-order valence-electron chi connectivity index (χ4n) is 2.77. The Morgan fingerprint density at radius 2 is 2.24 bits per heavy atom. The molecular weight excluding hydrogens is 268 g/mol. The molecule has 0 amide bonds. The van der Waals surface area contributed by atoms with Crippen LogP contribution in [0.4, 0.5) is 0 Å². The van der Waals surface area contributed by atoms with Crippen LogP contribution in [0.1, 0.15) is 18.9 Å². The van der Waals surface area contributed by atoms with Crippen molar-refractivity contribution >= 4 is 5.97 Å². The van der Waals surface area contributed by atoms with Crippen molar-refractivity contribution in [1.82, 2.24) is 9.78 Å². The van der Waals surface area contributed by atoms with Gasteiger partial charge in [-0.3, -0.25) is 9.48 Å². The Morgan fingerprint density at radius 1 is 1.48 bits per heavy atom. The van der Waals surface area contributed by atoms with Crippen LogP contribution in [0.5, 0.6) is 5.75 Å². The zero-order chi connectivity index (χ0) is 14.9. The summed E-state index contributed by atoms with van der Waals surface area (Å²) in [5.41, 5.74) is 0.613. The van der Waals surface area contributed by atoms with E-state index >= 15 is 0 Å². The van der Waals surface area contributed by atoms with Crippen molar-refractivity contribution < 1.29 is 14.6 Å². The summed E-state index contributed by atoms with van der Waals surface area (Å²) in [7, 11) is 0. The minimum Gasteiger partial charge on any atom is -0.489 e. The van der Waals surface area contributed by atoms with Gasteiger partial charge in [-0.25, -0.2) is 0 Å². The van der Waals surface area contributed by atoms with E-state index in [1.807, 2.05) is 43.5 Å². The molecule has 0 radical (unpaired) electrons. The van der Waals surface area contributed by atoms with E-state index in [-0.39, 0.29) is 5.92 Å². The summed E-state index contributed by atoms with van der Waals surface area (Å²) in [4.78, 5) is 11.3. The van der Waals surface area contributed by atoms with Crippen LogP contribution in [-0.4, -0.2) is 27.5 Å². The smallest absolute Gasteiger partial charge is 0.307 e. The van der Waals surface area contributed by atoms with Crippen molar-refractivity contribution in [1.29, 1.82) is 0 Å². The molecule has 110 valence electrons. The molecule has 1 fully saturated rings. The molecule has 21 heavy (non-hydrogen) atoms. The Bertz CT molecular complexity index is 638. The van der Waals surface area contributed by atoms with E-state index in [1.165, 1.54) is 0 Å². The lowest BCUT2D eigenvalue weighted by molar-refractivity contribution is -0.139. The van der Waals surface area contributed by atoms with Crippen molar-refractivity contribution in [3.05, 3.63) is 48.3 Å². The third-order valence-corrected chi connectivity index (χ3v) is 4.15. The van der Waals surface area contributed by atoms with Crippen LogP contribution >= 0.6 is 0 Å².